The number of rotatable bonds is 6. The maximum Gasteiger partial charge on any atom is 0.416 e. The third kappa shape index (κ3) is 6.15. The Morgan fingerprint density at radius 1 is 1.23 bits per heavy atom. The van der Waals surface area contributed by atoms with Gasteiger partial charge < -0.3 is 19.7 Å². The molecule has 3 aliphatic rings. The molecule has 1 aromatic carbocycles. The fraction of sp³-hybridized carbons (Fsp3) is 0.654. The van der Waals surface area contributed by atoms with Crippen LogP contribution in [0.2, 0.25) is 5.02 Å². The van der Waals surface area contributed by atoms with Crippen molar-refractivity contribution in [1.82, 2.24) is 10.2 Å². The van der Waals surface area contributed by atoms with Gasteiger partial charge in [-0.3, -0.25) is 4.79 Å². The molecule has 2 atom stereocenters. The molecule has 1 aliphatic carbocycles. The number of ether oxygens (including phenoxy) is 2. The Bertz CT molecular complexity index is 973. The Kier molecular flexibility index (Phi) is 7.74. The van der Waals surface area contributed by atoms with Crippen LogP contribution in [0.25, 0.3) is 0 Å². The second-order valence-corrected chi connectivity index (χ2v) is 10.7. The number of carbonyl (C=O) groups excluding carboxylic acids is 1. The smallest absolute Gasteiger partial charge is 0.367 e. The molecule has 5 nitrogen and oxygen atoms in total. The second-order valence-electron chi connectivity index (χ2n) is 10.3. The molecule has 0 radical (unpaired) electrons. The van der Waals surface area contributed by atoms with Gasteiger partial charge in [0, 0.05) is 35.8 Å². The van der Waals surface area contributed by atoms with Crippen LogP contribution in [-0.4, -0.2) is 42.4 Å². The summed E-state index contributed by atoms with van der Waals surface area (Å²) in [6, 6.07) is 3.04. The minimum atomic E-state index is -4.47. The fourth-order valence-electron chi connectivity index (χ4n) is 5.46. The lowest BCUT2D eigenvalue weighted by Gasteiger charge is -2.34. The van der Waals surface area contributed by atoms with E-state index >= 15 is 0 Å². The quantitative estimate of drug-likeness (QED) is 0.489. The molecule has 1 aromatic rings. The van der Waals surface area contributed by atoms with Gasteiger partial charge >= 0.3 is 6.18 Å². The third-order valence-corrected chi connectivity index (χ3v) is 7.68. The molecular formula is C26H34ClF3N2O3. The van der Waals surface area contributed by atoms with Crippen LogP contribution < -0.4 is 5.32 Å². The van der Waals surface area contributed by atoms with Crippen LogP contribution in [0.4, 0.5) is 13.2 Å². The molecule has 35 heavy (non-hydrogen) atoms. The zero-order chi connectivity index (χ0) is 25.4. The SMILES string of the molecule is CC1=C(C(=O)NCC2COC(C)(C)O2)CC(c2cc(C(F)(F)F)ccc2Cl)N1CC1CCCCC1. The number of hydrogen-bond acceptors (Lipinski definition) is 4. The van der Waals surface area contributed by atoms with E-state index in [2.05, 4.69) is 10.2 Å². The Balaban J connectivity index is 1.56. The summed E-state index contributed by atoms with van der Waals surface area (Å²) < 4.78 is 51.8. The van der Waals surface area contributed by atoms with Crippen molar-refractivity contribution < 1.29 is 27.4 Å². The Morgan fingerprint density at radius 3 is 2.57 bits per heavy atom. The lowest BCUT2D eigenvalue weighted by Crippen LogP contribution is -2.35. The molecule has 1 N–H and O–H groups in total. The van der Waals surface area contributed by atoms with E-state index in [9.17, 15) is 18.0 Å². The van der Waals surface area contributed by atoms with Gasteiger partial charge in [-0.25, -0.2) is 0 Å². The van der Waals surface area contributed by atoms with Crippen molar-refractivity contribution in [3.05, 3.63) is 45.6 Å². The summed E-state index contributed by atoms with van der Waals surface area (Å²) in [6.07, 6.45) is 1.29. The zero-order valence-corrected chi connectivity index (χ0v) is 21.3. The number of nitrogens with one attached hydrogen (secondary N) is 1. The van der Waals surface area contributed by atoms with Crippen LogP contribution >= 0.6 is 11.6 Å². The molecule has 2 unspecified atom stereocenters. The molecule has 1 saturated carbocycles. The van der Waals surface area contributed by atoms with Crippen molar-refractivity contribution in [2.45, 2.75) is 83.4 Å². The summed E-state index contributed by atoms with van der Waals surface area (Å²) in [7, 11) is 0. The number of amides is 1. The highest BCUT2D eigenvalue weighted by Crippen LogP contribution is 2.44. The van der Waals surface area contributed by atoms with Crippen LogP contribution in [0.3, 0.4) is 0 Å². The van der Waals surface area contributed by atoms with Gasteiger partial charge in [0.2, 0.25) is 5.91 Å². The first-order valence-corrected chi connectivity index (χ1v) is 12.8. The first-order valence-electron chi connectivity index (χ1n) is 12.4. The van der Waals surface area contributed by atoms with Crippen LogP contribution in [0.5, 0.6) is 0 Å². The van der Waals surface area contributed by atoms with Gasteiger partial charge in [-0.2, -0.15) is 13.2 Å². The number of halogens is 4. The lowest BCUT2D eigenvalue weighted by atomic mass is 9.88. The summed E-state index contributed by atoms with van der Waals surface area (Å²) in [5, 5.41) is 3.22. The summed E-state index contributed by atoms with van der Waals surface area (Å²) >= 11 is 6.44. The molecule has 1 amide bonds. The molecule has 0 bridgehead atoms. The van der Waals surface area contributed by atoms with E-state index in [4.69, 9.17) is 21.1 Å². The molecule has 1 saturated heterocycles. The minimum absolute atomic E-state index is 0.227. The Labute approximate surface area is 210 Å². The fourth-order valence-corrected chi connectivity index (χ4v) is 5.70. The Morgan fingerprint density at radius 2 is 1.94 bits per heavy atom. The maximum absolute atomic E-state index is 13.5. The molecule has 194 valence electrons. The summed E-state index contributed by atoms with van der Waals surface area (Å²) in [5.41, 5.74) is 1.06. The molecule has 2 fully saturated rings. The molecule has 2 aliphatic heterocycles. The maximum atomic E-state index is 13.5. The van der Waals surface area contributed by atoms with Crippen molar-refractivity contribution in [2.24, 2.45) is 5.92 Å². The van der Waals surface area contributed by atoms with E-state index in [1.165, 1.54) is 12.5 Å². The highest BCUT2D eigenvalue weighted by Gasteiger charge is 2.39. The number of nitrogens with zero attached hydrogens (tertiary/aromatic N) is 1. The highest BCUT2D eigenvalue weighted by atomic mass is 35.5. The van der Waals surface area contributed by atoms with Gasteiger partial charge in [0.25, 0.3) is 0 Å². The van der Waals surface area contributed by atoms with Crippen molar-refractivity contribution in [3.8, 4) is 0 Å². The van der Waals surface area contributed by atoms with Crippen molar-refractivity contribution in [3.63, 3.8) is 0 Å². The zero-order valence-electron chi connectivity index (χ0n) is 20.5. The van der Waals surface area contributed by atoms with Gasteiger partial charge in [0.1, 0.15) is 6.10 Å². The minimum Gasteiger partial charge on any atom is -0.367 e. The average molecular weight is 515 g/mol. The average Bonchev–Trinajstić information content (AvgIpc) is 3.31. The topological polar surface area (TPSA) is 50.8 Å². The predicted molar refractivity (Wildman–Crippen MR) is 128 cm³/mol. The van der Waals surface area contributed by atoms with Crippen LogP contribution in [0.1, 0.15) is 76.5 Å². The van der Waals surface area contributed by atoms with E-state index in [0.29, 0.717) is 43.2 Å². The van der Waals surface area contributed by atoms with Gasteiger partial charge in [-0.15, -0.1) is 0 Å². The first-order chi connectivity index (χ1) is 16.4. The Hall–Kier alpha value is -1.77. The van der Waals surface area contributed by atoms with Gasteiger partial charge in [0.05, 0.1) is 18.2 Å². The molecular weight excluding hydrogens is 481 g/mol. The van der Waals surface area contributed by atoms with E-state index in [0.717, 1.165) is 43.5 Å². The molecule has 0 aromatic heterocycles. The van der Waals surface area contributed by atoms with Crippen molar-refractivity contribution in [1.29, 1.82) is 0 Å². The van der Waals surface area contributed by atoms with Crippen molar-refractivity contribution >= 4 is 17.5 Å². The third-order valence-electron chi connectivity index (χ3n) is 7.33. The summed E-state index contributed by atoms with van der Waals surface area (Å²) in [5.74, 6) is -0.463. The van der Waals surface area contributed by atoms with Gasteiger partial charge in [-0.05, 0) is 63.3 Å². The van der Waals surface area contributed by atoms with Crippen LogP contribution in [0, 0.1) is 5.92 Å². The normalized spacial score (nSPS) is 25.4. The largest absolute Gasteiger partial charge is 0.416 e. The standard InChI is InChI=1S/C26H34ClF3N2O3/c1-16-20(24(33)31-13-19-15-34-25(2,3)35-19)12-23(32(16)14-17-7-5-4-6-8-17)21-11-18(26(28,29)30)9-10-22(21)27/h9-11,17,19,23H,4-8,12-15H2,1-3H3,(H,31,33). The van der Waals surface area contributed by atoms with E-state index < -0.39 is 23.6 Å². The van der Waals surface area contributed by atoms with E-state index in [1.807, 2.05) is 20.8 Å². The first kappa shape index (κ1) is 26.3. The van der Waals surface area contributed by atoms with Crippen LogP contribution in [0.15, 0.2) is 29.5 Å². The number of hydrogen-bond donors (Lipinski definition) is 1. The molecule has 2 heterocycles. The molecule has 9 heteroatoms. The highest BCUT2D eigenvalue weighted by molar-refractivity contribution is 6.31. The lowest BCUT2D eigenvalue weighted by molar-refractivity contribution is -0.139. The number of allylic oxidation sites excluding steroid dienone is 1. The molecule has 4 rings (SSSR count). The number of alkyl halides is 3. The second kappa shape index (κ2) is 10.3. The summed E-state index contributed by atoms with van der Waals surface area (Å²) in [6.45, 7) is 6.93. The number of carbonyl (C=O) groups is 1. The predicted octanol–water partition coefficient (Wildman–Crippen LogP) is 6.23. The molecule has 0 spiro atoms. The van der Waals surface area contributed by atoms with Crippen molar-refractivity contribution in [2.75, 3.05) is 19.7 Å². The summed E-state index contributed by atoms with van der Waals surface area (Å²) in [4.78, 5) is 15.3. The monoisotopic (exact) mass is 514 g/mol. The van der Waals surface area contributed by atoms with E-state index in [1.54, 1.807) is 0 Å². The van der Waals surface area contributed by atoms with Crippen LogP contribution in [-0.2, 0) is 20.4 Å². The van der Waals surface area contributed by atoms with Gasteiger partial charge in [0.15, 0.2) is 5.79 Å². The van der Waals surface area contributed by atoms with E-state index in [-0.39, 0.29) is 17.0 Å². The number of benzene rings is 1. The van der Waals surface area contributed by atoms with Gasteiger partial charge in [-0.1, -0.05) is 30.9 Å².